The van der Waals surface area contributed by atoms with Gasteiger partial charge < -0.3 is 8.98 Å². The first-order chi connectivity index (χ1) is 31.8. The van der Waals surface area contributed by atoms with Crippen molar-refractivity contribution in [1.29, 1.82) is 0 Å². The van der Waals surface area contributed by atoms with Gasteiger partial charge in [0.2, 0.25) is 0 Å². The van der Waals surface area contributed by atoms with E-state index in [0.717, 1.165) is 49.8 Å². The Morgan fingerprint density at radius 2 is 0.688 bits per heavy atom. The van der Waals surface area contributed by atoms with Crippen molar-refractivity contribution in [3.05, 3.63) is 237 Å². The topological polar surface area (TPSA) is 18.1 Å². The summed E-state index contributed by atoms with van der Waals surface area (Å²) in [7, 11) is 0. The Kier molecular flexibility index (Phi) is 8.25. The zero-order valence-electron chi connectivity index (χ0n) is 34.9. The maximum absolute atomic E-state index is 6.57. The highest BCUT2D eigenvalue weighted by atomic mass is 16.3. The van der Waals surface area contributed by atoms with Crippen LogP contribution >= 0.6 is 0 Å². The van der Waals surface area contributed by atoms with Crippen LogP contribution in [0.25, 0.3) is 127 Å². The van der Waals surface area contributed by atoms with E-state index in [2.05, 4.69) is 235 Å². The second-order valence-corrected chi connectivity index (χ2v) is 16.7. The van der Waals surface area contributed by atoms with Gasteiger partial charge in [0.25, 0.3) is 0 Å². The third-order valence-electron chi connectivity index (χ3n) is 13.2. The van der Waals surface area contributed by atoms with Gasteiger partial charge in [0.05, 0.1) is 11.0 Å². The van der Waals surface area contributed by atoms with Crippen LogP contribution in [0.5, 0.6) is 0 Å². The summed E-state index contributed by atoms with van der Waals surface area (Å²) in [5.74, 6) is 0. The van der Waals surface area contributed by atoms with E-state index in [0.29, 0.717) is 0 Å². The largest absolute Gasteiger partial charge is 0.455 e. The van der Waals surface area contributed by atoms with Crippen LogP contribution in [0.2, 0.25) is 0 Å². The first-order valence-electron chi connectivity index (χ1n) is 22.0. The summed E-state index contributed by atoms with van der Waals surface area (Å²) in [6.45, 7) is 0. The van der Waals surface area contributed by atoms with Gasteiger partial charge in [-0.2, -0.15) is 0 Å². The monoisotopic (exact) mass is 813 g/mol. The maximum atomic E-state index is 6.57. The van der Waals surface area contributed by atoms with Crippen molar-refractivity contribution < 1.29 is 4.42 Å². The quantitative estimate of drug-likeness (QED) is 0.153. The molecule has 0 aliphatic carbocycles. The number of para-hydroxylation sites is 2. The van der Waals surface area contributed by atoms with Crippen LogP contribution in [0.4, 0.5) is 0 Å². The molecule has 0 atom stereocenters. The molecule has 2 aromatic heterocycles. The SMILES string of the molecule is c1ccc(-c2ccccc2-c2ccc3c(c2)c2cc(-c4cccc5c4oc4ccccc45)ccc2n3-c2ccc(-c3c4ccccc4c(-c4ccccc4)c4ccccc34)cc2)cc1. The number of benzene rings is 11. The maximum Gasteiger partial charge on any atom is 0.143 e. The molecule has 0 amide bonds. The predicted molar refractivity (Wildman–Crippen MR) is 270 cm³/mol. The summed E-state index contributed by atoms with van der Waals surface area (Å²) >= 11 is 0. The van der Waals surface area contributed by atoms with Gasteiger partial charge in [-0.25, -0.2) is 0 Å². The Morgan fingerprint density at radius 1 is 0.266 bits per heavy atom. The normalized spacial score (nSPS) is 11.8. The van der Waals surface area contributed by atoms with Gasteiger partial charge in [0.15, 0.2) is 0 Å². The molecule has 0 aliphatic heterocycles. The molecule has 0 unspecified atom stereocenters. The second kappa shape index (κ2) is 14.6. The molecule has 0 fully saturated rings. The fourth-order valence-electron chi connectivity index (χ4n) is 10.3. The molecule has 64 heavy (non-hydrogen) atoms. The van der Waals surface area contributed by atoms with Crippen molar-refractivity contribution in [3.8, 4) is 61.3 Å². The van der Waals surface area contributed by atoms with Gasteiger partial charge in [-0.3, -0.25) is 0 Å². The minimum atomic E-state index is 0.904. The Labute approximate surface area is 370 Å². The molecular weight excluding hydrogens is 775 g/mol. The molecule has 0 aliphatic rings. The summed E-state index contributed by atoms with van der Waals surface area (Å²) in [4.78, 5) is 0. The van der Waals surface area contributed by atoms with Crippen molar-refractivity contribution in [2.24, 2.45) is 0 Å². The van der Waals surface area contributed by atoms with Crippen molar-refractivity contribution in [3.63, 3.8) is 0 Å². The number of hydrogen-bond donors (Lipinski definition) is 0. The average molecular weight is 814 g/mol. The number of nitrogens with zero attached hydrogens (tertiary/aromatic N) is 1. The third kappa shape index (κ3) is 5.66. The van der Waals surface area contributed by atoms with E-state index >= 15 is 0 Å². The van der Waals surface area contributed by atoms with E-state index in [9.17, 15) is 0 Å². The van der Waals surface area contributed by atoms with Crippen LogP contribution < -0.4 is 0 Å². The first-order valence-corrected chi connectivity index (χ1v) is 22.0. The second-order valence-electron chi connectivity index (χ2n) is 16.7. The summed E-state index contributed by atoms with van der Waals surface area (Å²) in [5, 5.41) is 9.67. The van der Waals surface area contributed by atoms with Gasteiger partial charge >= 0.3 is 0 Å². The lowest BCUT2D eigenvalue weighted by Gasteiger charge is -2.18. The lowest BCUT2D eigenvalue weighted by atomic mass is 9.86. The van der Waals surface area contributed by atoms with E-state index in [1.165, 1.54) is 76.8 Å². The summed E-state index contributed by atoms with van der Waals surface area (Å²) < 4.78 is 9.00. The molecule has 0 N–H and O–H groups in total. The number of furan rings is 1. The van der Waals surface area contributed by atoms with E-state index < -0.39 is 0 Å². The molecular formula is C62H39NO. The standard InChI is InChI=1S/C62H39NO/c1-3-16-40(17-4-1)46-20-7-8-21-47(46)43-32-36-57-55(38-43)56-39-44(48-27-15-28-54-49-22-13-14-29-59(49)64-62(48)54)33-37-58(56)63(57)45-34-30-42(31-35-45)61-52-25-11-9-23-50(52)60(41-18-5-2-6-19-41)51-24-10-12-26-53(51)61/h1-39H. The van der Waals surface area contributed by atoms with Gasteiger partial charge in [0.1, 0.15) is 11.2 Å². The zero-order chi connectivity index (χ0) is 42.1. The molecule has 2 nitrogen and oxygen atoms in total. The van der Waals surface area contributed by atoms with Gasteiger partial charge in [0, 0.05) is 32.8 Å². The van der Waals surface area contributed by atoms with Gasteiger partial charge in [-0.05, 0) is 114 Å². The molecule has 0 saturated heterocycles. The van der Waals surface area contributed by atoms with Crippen molar-refractivity contribution >= 4 is 65.3 Å². The van der Waals surface area contributed by atoms with Crippen LogP contribution in [0.1, 0.15) is 0 Å². The van der Waals surface area contributed by atoms with Crippen molar-refractivity contribution in [2.45, 2.75) is 0 Å². The van der Waals surface area contributed by atoms with Crippen LogP contribution in [-0.2, 0) is 0 Å². The smallest absolute Gasteiger partial charge is 0.143 e. The van der Waals surface area contributed by atoms with E-state index in [4.69, 9.17) is 4.42 Å². The Bertz CT molecular complexity index is 3870. The van der Waals surface area contributed by atoms with Crippen LogP contribution in [-0.4, -0.2) is 4.57 Å². The van der Waals surface area contributed by atoms with Gasteiger partial charge in [-0.1, -0.05) is 194 Å². The molecule has 13 rings (SSSR count). The summed E-state index contributed by atoms with van der Waals surface area (Å²) in [6, 6.07) is 85.9. The average Bonchev–Trinajstić information content (AvgIpc) is 3.91. The molecule has 13 aromatic rings. The highest BCUT2D eigenvalue weighted by Gasteiger charge is 2.20. The van der Waals surface area contributed by atoms with Crippen LogP contribution in [0.15, 0.2) is 241 Å². The minimum absolute atomic E-state index is 0.904. The van der Waals surface area contributed by atoms with Crippen LogP contribution in [0, 0.1) is 0 Å². The molecule has 0 saturated carbocycles. The molecule has 2 heterocycles. The van der Waals surface area contributed by atoms with E-state index in [1.54, 1.807) is 0 Å². The van der Waals surface area contributed by atoms with Gasteiger partial charge in [-0.15, -0.1) is 0 Å². The molecule has 0 bridgehead atoms. The fourth-order valence-corrected chi connectivity index (χ4v) is 10.3. The number of aromatic nitrogens is 1. The third-order valence-corrected chi connectivity index (χ3v) is 13.2. The van der Waals surface area contributed by atoms with Crippen LogP contribution in [0.3, 0.4) is 0 Å². The number of hydrogen-bond acceptors (Lipinski definition) is 1. The lowest BCUT2D eigenvalue weighted by molar-refractivity contribution is 0.670. The number of fused-ring (bicyclic) bond motifs is 8. The summed E-state index contributed by atoms with van der Waals surface area (Å²) in [5.41, 5.74) is 17.2. The van der Waals surface area contributed by atoms with E-state index in [-0.39, 0.29) is 0 Å². The zero-order valence-corrected chi connectivity index (χ0v) is 34.9. The first kappa shape index (κ1) is 36.2. The lowest BCUT2D eigenvalue weighted by Crippen LogP contribution is -1.95. The van der Waals surface area contributed by atoms with Crippen molar-refractivity contribution in [2.75, 3.05) is 0 Å². The molecule has 0 spiro atoms. The Morgan fingerprint density at radius 3 is 1.28 bits per heavy atom. The minimum Gasteiger partial charge on any atom is -0.455 e. The molecule has 2 heteroatoms. The molecule has 298 valence electrons. The molecule has 11 aromatic carbocycles. The fraction of sp³-hybridized carbons (Fsp3) is 0. The Balaban J connectivity index is 1.01. The predicted octanol–water partition coefficient (Wildman–Crippen LogP) is 17.3. The highest BCUT2D eigenvalue weighted by Crippen LogP contribution is 2.45. The summed E-state index contributed by atoms with van der Waals surface area (Å²) in [6.07, 6.45) is 0. The molecule has 0 radical (unpaired) electrons. The highest BCUT2D eigenvalue weighted by molar-refractivity contribution is 6.21. The van der Waals surface area contributed by atoms with Crippen molar-refractivity contribution in [1.82, 2.24) is 4.57 Å². The van der Waals surface area contributed by atoms with E-state index in [1.807, 2.05) is 6.07 Å². The number of rotatable bonds is 6. The Hall–Kier alpha value is -8.46.